The molecule has 0 amide bonds. The number of ether oxygens (including phenoxy) is 2. The fraction of sp³-hybridized carbons (Fsp3) is 0.240. The molecule has 0 heterocycles. The van der Waals surface area contributed by atoms with Gasteiger partial charge in [0, 0.05) is 23.1 Å². The van der Waals surface area contributed by atoms with Gasteiger partial charge in [0.05, 0.1) is 17.9 Å². The van der Waals surface area contributed by atoms with Crippen LogP contribution in [0, 0.1) is 0 Å². The standard InChI is InChI=1S/C25H26BrNO4/c1-3-27(22-12-10-19(25(28)29)15-24(22)30-4-2)16-20-14-21(26)11-13-23(20)31-17-18-8-6-5-7-9-18/h5-15H,3-4,16-17H2,1-2H3,(H,28,29). The average Bonchev–Trinajstić information content (AvgIpc) is 2.78. The fourth-order valence-electron chi connectivity index (χ4n) is 3.30. The molecule has 0 spiro atoms. The number of nitrogens with zero attached hydrogens (tertiary/aromatic N) is 1. The van der Waals surface area contributed by atoms with E-state index in [1.165, 1.54) is 0 Å². The molecule has 0 aliphatic heterocycles. The van der Waals surface area contributed by atoms with Gasteiger partial charge in [-0.3, -0.25) is 0 Å². The van der Waals surface area contributed by atoms with Crippen LogP contribution >= 0.6 is 15.9 Å². The van der Waals surface area contributed by atoms with Crippen molar-refractivity contribution in [1.82, 2.24) is 0 Å². The van der Waals surface area contributed by atoms with Crippen molar-refractivity contribution in [3.8, 4) is 11.5 Å². The highest BCUT2D eigenvalue weighted by molar-refractivity contribution is 9.10. The molecular formula is C25H26BrNO4. The van der Waals surface area contributed by atoms with Gasteiger partial charge in [0.2, 0.25) is 0 Å². The predicted molar refractivity (Wildman–Crippen MR) is 126 cm³/mol. The molecule has 0 bridgehead atoms. The molecule has 31 heavy (non-hydrogen) atoms. The number of rotatable bonds is 10. The number of carboxylic acids is 1. The van der Waals surface area contributed by atoms with Gasteiger partial charge in [-0.05, 0) is 55.8 Å². The van der Waals surface area contributed by atoms with Crippen molar-refractivity contribution in [2.75, 3.05) is 18.1 Å². The lowest BCUT2D eigenvalue weighted by molar-refractivity contribution is 0.0696. The molecule has 3 rings (SSSR count). The summed E-state index contributed by atoms with van der Waals surface area (Å²) in [4.78, 5) is 13.5. The van der Waals surface area contributed by atoms with Crippen LogP contribution < -0.4 is 14.4 Å². The number of halogens is 1. The van der Waals surface area contributed by atoms with Crippen molar-refractivity contribution in [2.45, 2.75) is 27.0 Å². The molecule has 0 aliphatic carbocycles. The molecule has 5 nitrogen and oxygen atoms in total. The van der Waals surface area contributed by atoms with Crippen LogP contribution in [0.1, 0.15) is 35.3 Å². The molecule has 0 radical (unpaired) electrons. The highest BCUT2D eigenvalue weighted by Crippen LogP contribution is 2.33. The minimum atomic E-state index is -0.973. The van der Waals surface area contributed by atoms with E-state index in [0.29, 0.717) is 25.5 Å². The molecule has 0 aromatic heterocycles. The molecular weight excluding hydrogens is 458 g/mol. The molecule has 3 aromatic rings. The summed E-state index contributed by atoms with van der Waals surface area (Å²) in [7, 11) is 0. The van der Waals surface area contributed by atoms with Crippen LogP contribution in [0.3, 0.4) is 0 Å². The maximum atomic E-state index is 11.4. The Hall–Kier alpha value is -2.99. The molecule has 0 atom stereocenters. The summed E-state index contributed by atoms with van der Waals surface area (Å²) < 4.78 is 12.9. The molecule has 1 N–H and O–H groups in total. The van der Waals surface area contributed by atoms with Gasteiger partial charge >= 0.3 is 5.97 Å². The summed E-state index contributed by atoms with van der Waals surface area (Å²) in [6.07, 6.45) is 0. The van der Waals surface area contributed by atoms with Gasteiger partial charge in [0.25, 0.3) is 0 Å². The van der Waals surface area contributed by atoms with Crippen LogP contribution in [0.25, 0.3) is 0 Å². The van der Waals surface area contributed by atoms with Crippen molar-refractivity contribution >= 4 is 27.6 Å². The zero-order valence-electron chi connectivity index (χ0n) is 17.7. The summed E-state index contributed by atoms with van der Waals surface area (Å²) >= 11 is 3.56. The summed E-state index contributed by atoms with van der Waals surface area (Å²) in [5.74, 6) is 0.399. The number of carbonyl (C=O) groups is 1. The van der Waals surface area contributed by atoms with E-state index >= 15 is 0 Å². The second kappa shape index (κ2) is 10.9. The Bertz CT molecular complexity index is 1020. The van der Waals surface area contributed by atoms with Gasteiger partial charge in [-0.1, -0.05) is 46.3 Å². The molecule has 0 aliphatic rings. The van der Waals surface area contributed by atoms with Crippen LogP contribution in [0.5, 0.6) is 11.5 Å². The van der Waals surface area contributed by atoms with Gasteiger partial charge in [0.15, 0.2) is 0 Å². The first-order chi connectivity index (χ1) is 15.0. The Morgan fingerprint density at radius 3 is 2.42 bits per heavy atom. The smallest absolute Gasteiger partial charge is 0.335 e. The first-order valence-corrected chi connectivity index (χ1v) is 11.0. The average molecular weight is 484 g/mol. The van der Waals surface area contributed by atoms with Gasteiger partial charge in [0.1, 0.15) is 18.1 Å². The number of carboxylic acid groups (broad SMARTS) is 1. The molecule has 0 saturated carbocycles. The van der Waals surface area contributed by atoms with Crippen molar-refractivity contribution in [1.29, 1.82) is 0 Å². The predicted octanol–water partition coefficient (Wildman–Crippen LogP) is 6.15. The van der Waals surface area contributed by atoms with E-state index in [0.717, 1.165) is 33.6 Å². The third kappa shape index (κ3) is 6.01. The Morgan fingerprint density at radius 2 is 1.74 bits per heavy atom. The third-order valence-corrected chi connectivity index (χ3v) is 5.34. The zero-order chi connectivity index (χ0) is 22.2. The van der Waals surface area contributed by atoms with E-state index in [-0.39, 0.29) is 5.56 Å². The topological polar surface area (TPSA) is 59.0 Å². The second-order valence-corrected chi connectivity index (χ2v) is 7.88. The fourth-order valence-corrected chi connectivity index (χ4v) is 3.71. The van der Waals surface area contributed by atoms with Crippen LogP contribution in [0.15, 0.2) is 71.2 Å². The van der Waals surface area contributed by atoms with Gasteiger partial charge in [-0.25, -0.2) is 4.79 Å². The quantitative estimate of drug-likeness (QED) is 0.374. The molecule has 0 fully saturated rings. The van der Waals surface area contributed by atoms with Crippen molar-refractivity contribution in [2.24, 2.45) is 0 Å². The first kappa shape index (κ1) is 22.7. The lowest BCUT2D eigenvalue weighted by Crippen LogP contribution is -2.23. The summed E-state index contributed by atoms with van der Waals surface area (Å²) in [6.45, 7) is 6.19. The normalized spacial score (nSPS) is 10.5. The van der Waals surface area contributed by atoms with Crippen molar-refractivity contribution in [3.05, 3.63) is 87.9 Å². The van der Waals surface area contributed by atoms with Crippen LogP contribution in [0.2, 0.25) is 0 Å². The first-order valence-electron chi connectivity index (χ1n) is 10.2. The van der Waals surface area contributed by atoms with E-state index in [1.54, 1.807) is 18.2 Å². The van der Waals surface area contributed by atoms with Crippen LogP contribution in [-0.4, -0.2) is 24.2 Å². The molecule has 6 heteroatoms. The Labute approximate surface area is 191 Å². The minimum Gasteiger partial charge on any atom is -0.492 e. The largest absolute Gasteiger partial charge is 0.492 e. The van der Waals surface area contributed by atoms with Crippen LogP contribution in [0.4, 0.5) is 5.69 Å². The van der Waals surface area contributed by atoms with Crippen molar-refractivity contribution < 1.29 is 19.4 Å². The monoisotopic (exact) mass is 483 g/mol. The number of anilines is 1. The van der Waals surface area contributed by atoms with Crippen molar-refractivity contribution in [3.63, 3.8) is 0 Å². The van der Waals surface area contributed by atoms with E-state index in [9.17, 15) is 9.90 Å². The number of hydrogen-bond acceptors (Lipinski definition) is 4. The van der Waals surface area contributed by atoms with Crippen LogP contribution in [-0.2, 0) is 13.2 Å². The van der Waals surface area contributed by atoms with Gasteiger partial charge in [-0.2, -0.15) is 0 Å². The summed E-state index contributed by atoms with van der Waals surface area (Å²) in [5, 5.41) is 9.33. The lowest BCUT2D eigenvalue weighted by Gasteiger charge is -2.27. The highest BCUT2D eigenvalue weighted by atomic mass is 79.9. The molecule has 0 saturated heterocycles. The van der Waals surface area contributed by atoms with E-state index in [2.05, 4.69) is 33.8 Å². The molecule has 162 valence electrons. The molecule has 3 aromatic carbocycles. The molecule has 0 unspecified atom stereocenters. The van der Waals surface area contributed by atoms with Gasteiger partial charge in [-0.15, -0.1) is 0 Å². The maximum Gasteiger partial charge on any atom is 0.335 e. The Balaban J connectivity index is 1.87. The zero-order valence-corrected chi connectivity index (χ0v) is 19.3. The number of hydrogen-bond donors (Lipinski definition) is 1. The maximum absolute atomic E-state index is 11.4. The summed E-state index contributed by atoms with van der Waals surface area (Å²) in [6, 6.07) is 21.0. The van der Waals surface area contributed by atoms with E-state index in [1.807, 2.05) is 49.4 Å². The van der Waals surface area contributed by atoms with E-state index in [4.69, 9.17) is 9.47 Å². The third-order valence-electron chi connectivity index (χ3n) is 4.85. The number of benzene rings is 3. The SMILES string of the molecule is CCOc1cc(C(=O)O)ccc1N(CC)Cc1cc(Br)ccc1OCc1ccccc1. The second-order valence-electron chi connectivity index (χ2n) is 6.96. The minimum absolute atomic E-state index is 0.206. The van der Waals surface area contributed by atoms with Gasteiger partial charge < -0.3 is 19.5 Å². The summed E-state index contributed by atoms with van der Waals surface area (Å²) in [5.41, 5.74) is 3.18. The highest BCUT2D eigenvalue weighted by Gasteiger charge is 2.17. The number of aromatic carboxylic acids is 1. The Kier molecular flexibility index (Phi) is 7.95. The van der Waals surface area contributed by atoms with E-state index < -0.39 is 5.97 Å². The lowest BCUT2D eigenvalue weighted by atomic mass is 10.1. The Morgan fingerprint density at radius 1 is 0.968 bits per heavy atom.